The van der Waals surface area contributed by atoms with Crippen LogP contribution >= 0.6 is 15.9 Å². The van der Waals surface area contributed by atoms with E-state index in [4.69, 9.17) is 0 Å². The van der Waals surface area contributed by atoms with E-state index in [0.717, 1.165) is 10.3 Å². The fourth-order valence-corrected chi connectivity index (χ4v) is 1.42. The molecule has 15 heavy (non-hydrogen) atoms. The van der Waals surface area contributed by atoms with Gasteiger partial charge >= 0.3 is 0 Å². The summed E-state index contributed by atoms with van der Waals surface area (Å²) >= 11 is 3.28. The lowest BCUT2D eigenvalue weighted by Gasteiger charge is -2.03. The summed E-state index contributed by atoms with van der Waals surface area (Å²) in [4.78, 5) is 4.09. The number of hydrogen-bond donors (Lipinski definition) is 2. The Morgan fingerprint density at radius 1 is 1.47 bits per heavy atom. The summed E-state index contributed by atoms with van der Waals surface area (Å²) in [5.74, 6) is 0.754. The van der Waals surface area contributed by atoms with Gasteiger partial charge in [-0.25, -0.2) is 13.4 Å². The number of pyridine rings is 1. The van der Waals surface area contributed by atoms with Crippen molar-refractivity contribution in [3.63, 3.8) is 0 Å². The zero-order valence-electron chi connectivity index (χ0n) is 7.85. The first kappa shape index (κ1) is 12.4. The second kappa shape index (κ2) is 6.76. The molecular formula is C8H11BrN2O3S. The Labute approximate surface area is 98.1 Å². The van der Waals surface area contributed by atoms with Gasteiger partial charge in [-0.1, -0.05) is 0 Å². The van der Waals surface area contributed by atoms with E-state index < -0.39 is 11.0 Å². The van der Waals surface area contributed by atoms with Gasteiger partial charge in [-0.15, -0.1) is 0 Å². The van der Waals surface area contributed by atoms with E-state index in [0.29, 0.717) is 13.0 Å². The van der Waals surface area contributed by atoms with Crippen molar-refractivity contribution in [3.05, 3.63) is 22.8 Å². The molecule has 1 N–H and O–H groups in total. The predicted molar refractivity (Wildman–Crippen MR) is 61.3 cm³/mol. The summed E-state index contributed by atoms with van der Waals surface area (Å²) in [6, 6.07) is 3.71. The van der Waals surface area contributed by atoms with E-state index in [9.17, 15) is 8.42 Å². The standard InChI is InChI=1S/C8H11BrN2O3S/c9-7-2-3-8(11-6-7)10-4-1-5-14-15(12)13/h2-3,6,15H,1,4-5H2,(H,10,11). The molecule has 0 bridgehead atoms. The molecular weight excluding hydrogens is 284 g/mol. The molecule has 0 aliphatic heterocycles. The fourth-order valence-electron chi connectivity index (χ4n) is 0.908. The molecule has 1 rings (SSSR count). The number of halogens is 1. The van der Waals surface area contributed by atoms with Gasteiger partial charge in [-0.2, -0.15) is 0 Å². The molecule has 0 radical (unpaired) electrons. The molecule has 1 aromatic rings. The second-order valence-electron chi connectivity index (χ2n) is 2.70. The maximum atomic E-state index is 10.0. The molecule has 0 atom stereocenters. The Morgan fingerprint density at radius 3 is 2.87 bits per heavy atom. The zero-order chi connectivity index (χ0) is 11.1. The van der Waals surface area contributed by atoms with E-state index in [1.807, 2.05) is 12.1 Å². The van der Waals surface area contributed by atoms with Crippen LogP contribution in [0, 0.1) is 0 Å². The van der Waals surface area contributed by atoms with Gasteiger partial charge in [0.05, 0.1) is 6.61 Å². The fraction of sp³-hybridized carbons (Fsp3) is 0.375. The number of nitrogens with one attached hydrogen (secondary N) is 1. The SMILES string of the molecule is O=[SH](=O)OCCCNc1ccc(Br)cn1. The number of rotatable bonds is 6. The highest BCUT2D eigenvalue weighted by Gasteiger charge is 1.93. The van der Waals surface area contributed by atoms with E-state index in [2.05, 4.69) is 30.4 Å². The van der Waals surface area contributed by atoms with Gasteiger partial charge in [0.25, 0.3) is 11.0 Å². The van der Waals surface area contributed by atoms with E-state index in [1.54, 1.807) is 6.20 Å². The van der Waals surface area contributed by atoms with Crippen LogP contribution < -0.4 is 5.32 Å². The molecule has 0 saturated heterocycles. The van der Waals surface area contributed by atoms with Gasteiger partial charge in [0.1, 0.15) is 5.82 Å². The van der Waals surface area contributed by atoms with Crippen LogP contribution in [0.1, 0.15) is 6.42 Å². The average Bonchev–Trinajstić information content (AvgIpc) is 2.20. The Morgan fingerprint density at radius 2 is 2.27 bits per heavy atom. The van der Waals surface area contributed by atoms with Crippen LogP contribution in [-0.4, -0.2) is 26.6 Å². The normalized spacial score (nSPS) is 10.5. The van der Waals surface area contributed by atoms with Crippen LogP contribution in [0.4, 0.5) is 5.82 Å². The third-order valence-corrected chi connectivity index (χ3v) is 2.41. The largest absolute Gasteiger partial charge is 0.370 e. The molecule has 0 aliphatic rings. The molecule has 0 amide bonds. The van der Waals surface area contributed by atoms with Crippen molar-refractivity contribution in [2.45, 2.75) is 6.42 Å². The zero-order valence-corrected chi connectivity index (χ0v) is 10.3. The summed E-state index contributed by atoms with van der Waals surface area (Å²) in [5, 5.41) is 3.04. The Bertz CT molecular complexity index is 359. The smallest absolute Gasteiger partial charge is 0.257 e. The van der Waals surface area contributed by atoms with Crippen molar-refractivity contribution in [2.24, 2.45) is 0 Å². The minimum atomic E-state index is -2.73. The number of anilines is 1. The van der Waals surface area contributed by atoms with Crippen LogP contribution in [0.5, 0.6) is 0 Å². The Balaban J connectivity index is 2.17. The minimum absolute atomic E-state index is 0.197. The molecule has 0 spiro atoms. The number of thiol groups is 1. The molecule has 0 aromatic carbocycles. The summed E-state index contributed by atoms with van der Waals surface area (Å²) < 4.78 is 25.4. The van der Waals surface area contributed by atoms with E-state index in [1.165, 1.54) is 0 Å². The molecule has 1 heterocycles. The average molecular weight is 295 g/mol. The van der Waals surface area contributed by atoms with E-state index in [-0.39, 0.29) is 6.61 Å². The topological polar surface area (TPSA) is 68.3 Å². The van der Waals surface area contributed by atoms with Crippen molar-refractivity contribution in [3.8, 4) is 0 Å². The Kier molecular flexibility index (Phi) is 5.59. The first-order chi connectivity index (χ1) is 7.18. The first-order valence-electron chi connectivity index (χ1n) is 4.31. The summed E-state index contributed by atoms with van der Waals surface area (Å²) in [5.41, 5.74) is 0. The maximum Gasteiger partial charge on any atom is 0.257 e. The molecule has 0 saturated carbocycles. The van der Waals surface area contributed by atoms with Crippen LogP contribution in [0.3, 0.4) is 0 Å². The van der Waals surface area contributed by atoms with Gasteiger partial charge < -0.3 is 5.32 Å². The number of hydrogen-bond acceptors (Lipinski definition) is 5. The maximum absolute atomic E-state index is 10.0. The predicted octanol–water partition coefficient (Wildman–Crippen LogP) is 1.19. The molecule has 1 aromatic heterocycles. The van der Waals surface area contributed by atoms with Crippen LogP contribution in [0.25, 0.3) is 0 Å². The van der Waals surface area contributed by atoms with Crippen molar-refractivity contribution >= 4 is 32.7 Å². The highest BCUT2D eigenvalue weighted by atomic mass is 79.9. The van der Waals surface area contributed by atoms with Crippen molar-refractivity contribution in [1.82, 2.24) is 4.98 Å². The van der Waals surface area contributed by atoms with Gasteiger partial charge in [0, 0.05) is 17.2 Å². The van der Waals surface area contributed by atoms with Crippen LogP contribution in [0.15, 0.2) is 22.8 Å². The number of aromatic nitrogens is 1. The van der Waals surface area contributed by atoms with E-state index >= 15 is 0 Å². The lowest BCUT2D eigenvalue weighted by molar-refractivity contribution is 0.330. The van der Waals surface area contributed by atoms with Gasteiger partial charge in [-0.3, -0.25) is 4.18 Å². The molecule has 0 fully saturated rings. The third-order valence-electron chi connectivity index (χ3n) is 1.55. The summed E-state index contributed by atoms with van der Waals surface area (Å²) in [7, 11) is -2.73. The molecule has 5 nitrogen and oxygen atoms in total. The highest BCUT2D eigenvalue weighted by molar-refractivity contribution is 9.10. The van der Waals surface area contributed by atoms with Crippen molar-refractivity contribution in [2.75, 3.05) is 18.5 Å². The monoisotopic (exact) mass is 294 g/mol. The van der Waals surface area contributed by atoms with Crippen molar-refractivity contribution in [1.29, 1.82) is 0 Å². The molecule has 7 heteroatoms. The summed E-state index contributed by atoms with van der Waals surface area (Å²) in [6.45, 7) is 0.819. The molecule has 0 aliphatic carbocycles. The first-order valence-corrected chi connectivity index (χ1v) is 6.20. The van der Waals surface area contributed by atoms with Crippen molar-refractivity contribution < 1.29 is 12.6 Å². The lowest BCUT2D eigenvalue weighted by Crippen LogP contribution is -2.06. The second-order valence-corrected chi connectivity index (χ2v) is 4.32. The molecule has 84 valence electrons. The van der Waals surface area contributed by atoms with Gasteiger partial charge in [0.15, 0.2) is 0 Å². The lowest BCUT2D eigenvalue weighted by atomic mass is 10.4. The minimum Gasteiger partial charge on any atom is -0.370 e. The quantitative estimate of drug-likeness (QED) is 0.609. The van der Waals surface area contributed by atoms with Crippen LogP contribution in [0.2, 0.25) is 0 Å². The highest BCUT2D eigenvalue weighted by Crippen LogP contribution is 2.10. The summed E-state index contributed by atoms with van der Waals surface area (Å²) in [6.07, 6.45) is 2.30. The Hall–Kier alpha value is -0.660. The number of nitrogens with zero attached hydrogens (tertiary/aromatic N) is 1. The van der Waals surface area contributed by atoms with Gasteiger partial charge in [-0.05, 0) is 34.5 Å². The van der Waals surface area contributed by atoms with Gasteiger partial charge in [0.2, 0.25) is 0 Å². The third kappa shape index (κ3) is 5.71. The van der Waals surface area contributed by atoms with Crippen LogP contribution in [-0.2, 0) is 15.2 Å². The molecule has 0 unspecified atom stereocenters.